The second-order valence-corrected chi connectivity index (χ2v) is 4.43. The number of rotatable bonds is 2. The molecule has 0 aliphatic carbocycles. The molecule has 0 amide bonds. The number of nitrogens with zero attached hydrogens (tertiary/aromatic N) is 2. The highest BCUT2D eigenvalue weighted by atomic mass is 16.5. The van der Waals surface area contributed by atoms with Gasteiger partial charge in [-0.2, -0.15) is 0 Å². The second-order valence-electron chi connectivity index (χ2n) is 4.43. The zero-order chi connectivity index (χ0) is 13.3. The van der Waals surface area contributed by atoms with Gasteiger partial charge in [-0.1, -0.05) is 0 Å². The van der Waals surface area contributed by atoms with Gasteiger partial charge < -0.3 is 10.5 Å². The van der Waals surface area contributed by atoms with Crippen LogP contribution in [0.4, 0.5) is 5.82 Å². The Morgan fingerprint density at radius 3 is 2.28 bits per heavy atom. The first-order chi connectivity index (χ1) is 8.52. The third-order valence-corrected chi connectivity index (χ3v) is 3.04. The van der Waals surface area contributed by atoms with Crippen molar-refractivity contribution in [3.8, 4) is 17.0 Å². The van der Waals surface area contributed by atoms with Gasteiger partial charge in [0.05, 0.1) is 12.8 Å². The van der Waals surface area contributed by atoms with Crippen LogP contribution in [0.2, 0.25) is 0 Å². The molecule has 2 N–H and O–H groups in total. The number of methoxy groups -OCH3 is 1. The second kappa shape index (κ2) is 4.64. The molecule has 0 bridgehead atoms. The minimum absolute atomic E-state index is 0.474. The van der Waals surface area contributed by atoms with E-state index >= 15 is 0 Å². The lowest BCUT2D eigenvalue weighted by Gasteiger charge is -2.11. The molecule has 0 saturated carbocycles. The van der Waals surface area contributed by atoms with Gasteiger partial charge in [0, 0.05) is 5.56 Å². The molecule has 0 atom stereocenters. The van der Waals surface area contributed by atoms with Crippen LogP contribution in [0.15, 0.2) is 18.2 Å². The number of aryl methyl sites for hydroxylation is 3. The Morgan fingerprint density at radius 1 is 0.944 bits per heavy atom. The topological polar surface area (TPSA) is 61.0 Å². The molecule has 4 nitrogen and oxygen atoms in total. The number of anilines is 1. The Bertz CT molecular complexity index is 594. The summed E-state index contributed by atoms with van der Waals surface area (Å²) in [6.07, 6.45) is 0. The molecule has 18 heavy (non-hydrogen) atoms. The summed E-state index contributed by atoms with van der Waals surface area (Å²) in [6.45, 7) is 5.98. The summed E-state index contributed by atoms with van der Waals surface area (Å²) in [5, 5.41) is 8.12. The molecule has 1 aromatic heterocycles. The van der Waals surface area contributed by atoms with E-state index in [4.69, 9.17) is 10.5 Å². The van der Waals surface area contributed by atoms with Crippen LogP contribution in [-0.4, -0.2) is 17.3 Å². The summed E-state index contributed by atoms with van der Waals surface area (Å²) >= 11 is 0. The number of aromatic nitrogens is 2. The molecule has 0 aliphatic heterocycles. The fourth-order valence-corrected chi connectivity index (χ4v) is 1.91. The number of ether oxygens (including phenoxy) is 1. The maximum absolute atomic E-state index is 5.69. The number of nitrogens with two attached hydrogens (primary N) is 1. The van der Waals surface area contributed by atoms with Crippen LogP contribution in [0.1, 0.15) is 16.7 Å². The molecule has 0 aliphatic rings. The Balaban J connectivity index is 2.57. The van der Waals surface area contributed by atoms with Gasteiger partial charge in [-0.05, 0) is 55.7 Å². The van der Waals surface area contributed by atoms with Crippen molar-refractivity contribution >= 4 is 5.82 Å². The van der Waals surface area contributed by atoms with Crippen molar-refractivity contribution in [2.75, 3.05) is 12.8 Å². The fraction of sp³-hybridized carbons (Fsp3) is 0.286. The highest BCUT2D eigenvalue weighted by molar-refractivity contribution is 5.67. The Kier molecular flexibility index (Phi) is 3.19. The molecule has 94 valence electrons. The normalized spacial score (nSPS) is 10.4. The summed E-state index contributed by atoms with van der Waals surface area (Å²) in [7, 11) is 1.68. The van der Waals surface area contributed by atoms with Crippen molar-refractivity contribution in [3.63, 3.8) is 0 Å². The van der Waals surface area contributed by atoms with Crippen molar-refractivity contribution in [2.24, 2.45) is 0 Å². The minimum atomic E-state index is 0.474. The number of hydrogen-bond donors (Lipinski definition) is 1. The SMILES string of the molecule is COc1cc(C)c(-c2cc(C)c(N)nn2)cc1C. The third-order valence-electron chi connectivity index (χ3n) is 3.04. The zero-order valence-electron chi connectivity index (χ0n) is 11.1. The van der Waals surface area contributed by atoms with Gasteiger partial charge in [0.25, 0.3) is 0 Å². The third kappa shape index (κ3) is 2.14. The quantitative estimate of drug-likeness (QED) is 0.880. The molecule has 0 fully saturated rings. The lowest BCUT2D eigenvalue weighted by Crippen LogP contribution is -1.99. The molecule has 0 saturated heterocycles. The number of hydrogen-bond acceptors (Lipinski definition) is 4. The average molecular weight is 243 g/mol. The lowest BCUT2D eigenvalue weighted by molar-refractivity contribution is 0.411. The van der Waals surface area contributed by atoms with Gasteiger partial charge in [-0.15, -0.1) is 10.2 Å². The van der Waals surface area contributed by atoms with E-state index in [9.17, 15) is 0 Å². The largest absolute Gasteiger partial charge is 0.496 e. The molecular formula is C14H17N3O. The van der Waals surface area contributed by atoms with E-state index in [1.165, 1.54) is 0 Å². The predicted octanol–water partition coefficient (Wildman–Crippen LogP) is 2.66. The highest BCUT2D eigenvalue weighted by Crippen LogP contribution is 2.29. The van der Waals surface area contributed by atoms with Gasteiger partial charge in [0.2, 0.25) is 0 Å². The van der Waals surface area contributed by atoms with Gasteiger partial charge in [0.1, 0.15) is 11.6 Å². The van der Waals surface area contributed by atoms with E-state index in [2.05, 4.69) is 16.3 Å². The van der Waals surface area contributed by atoms with E-state index < -0.39 is 0 Å². The highest BCUT2D eigenvalue weighted by Gasteiger charge is 2.09. The maximum atomic E-state index is 5.69. The molecule has 2 aromatic rings. The van der Waals surface area contributed by atoms with E-state index in [0.717, 1.165) is 33.7 Å². The number of benzene rings is 1. The molecule has 2 rings (SSSR count). The average Bonchev–Trinajstić information content (AvgIpc) is 2.35. The monoisotopic (exact) mass is 243 g/mol. The van der Waals surface area contributed by atoms with Gasteiger partial charge in [-0.3, -0.25) is 0 Å². The van der Waals surface area contributed by atoms with Crippen LogP contribution < -0.4 is 10.5 Å². The van der Waals surface area contributed by atoms with Crippen LogP contribution in [0.5, 0.6) is 5.75 Å². The van der Waals surface area contributed by atoms with E-state index in [1.807, 2.05) is 32.9 Å². The minimum Gasteiger partial charge on any atom is -0.496 e. The first-order valence-corrected chi connectivity index (χ1v) is 5.78. The Hall–Kier alpha value is -2.10. The molecule has 0 spiro atoms. The van der Waals surface area contributed by atoms with Gasteiger partial charge >= 0.3 is 0 Å². The van der Waals surface area contributed by atoms with Crippen molar-refractivity contribution in [3.05, 3.63) is 34.9 Å². The molecular weight excluding hydrogens is 226 g/mol. The van der Waals surface area contributed by atoms with Crippen molar-refractivity contribution in [1.82, 2.24) is 10.2 Å². The summed E-state index contributed by atoms with van der Waals surface area (Å²) in [5.41, 5.74) is 10.7. The Labute approximate surface area is 107 Å². The molecule has 1 heterocycles. The van der Waals surface area contributed by atoms with E-state index in [0.29, 0.717) is 5.82 Å². The van der Waals surface area contributed by atoms with Crippen LogP contribution >= 0.6 is 0 Å². The summed E-state index contributed by atoms with van der Waals surface area (Å²) in [6, 6.07) is 6.03. The van der Waals surface area contributed by atoms with Crippen LogP contribution in [0, 0.1) is 20.8 Å². The summed E-state index contributed by atoms with van der Waals surface area (Å²) in [5.74, 6) is 1.36. The Morgan fingerprint density at radius 2 is 1.67 bits per heavy atom. The molecule has 0 unspecified atom stereocenters. The number of nitrogen functional groups attached to an aromatic ring is 1. The smallest absolute Gasteiger partial charge is 0.149 e. The fourth-order valence-electron chi connectivity index (χ4n) is 1.91. The maximum Gasteiger partial charge on any atom is 0.149 e. The van der Waals surface area contributed by atoms with Crippen molar-refractivity contribution in [2.45, 2.75) is 20.8 Å². The first kappa shape index (κ1) is 12.4. The predicted molar refractivity (Wildman–Crippen MR) is 72.6 cm³/mol. The molecule has 0 radical (unpaired) electrons. The van der Waals surface area contributed by atoms with Crippen LogP contribution in [0.3, 0.4) is 0 Å². The van der Waals surface area contributed by atoms with Gasteiger partial charge in [-0.25, -0.2) is 0 Å². The first-order valence-electron chi connectivity index (χ1n) is 5.78. The molecule has 1 aromatic carbocycles. The van der Waals surface area contributed by atoms with E-state index in [-0.39, 0.29) is 0 Å². The zero-order valence-corrected chi connectivity index (χ0v) is 11.1. The van der Waals surface area contributed by atoms with E-state index in [1.54, 1.807) is 7.11 Å². The summed E-state index contributed by atoms with van der Waals surface area (Å²) in [4.78, 5) is 0. The summed E-state index contributed by atoms with van der Waals surface area (Å²) < 4.78 is 5.30. The van der Waals surface area contributed by atoms with Crippen molar-refractivity contribution < 1.29 is 4.74 Å². The standard InChI is InChI=1S/C14H17N3O/c1-8-7-13(18-4)9(2)5-11(8)12-6-10(3)14(15)17-16-12/h5-7H,1-4H3,(H2,15,17). The lowest BCUT2D eigenvalue weighted by atomic mass is 10.0. The van der Waals surface area contributed by atoms with Crippen molar-refractivity contribution in [1.29, 1.82) is 0 Å². The molecule has 4 heteroatoms. The van der Waals surface area contributed by atoms with Crippen LogP contribution in [0.25, 0.3) is 11.3 Å². The van der Waals surface area contributed by atoms with Gasteiger partial charge in [0.15, 0.2) is 0 Å². The van der Waals surface area contributed by atoms with Crippen LogP contribution in [-0.2, 0) is 0 Å².